The molecule has 2 rings (SSSR count). The summed E-state index contributed by atoms with van der Waals surface area (Å²) >= 11 is 5.59. The summed E-state index contributed by atoms with van der Waals surface area (Å²) in [6.45, 7) is 4.38. The maximum atomic E-state index is 11.6. The molecule has 0 fully saturated rings. The Labute approximate surface area is 140 Å². The molecule has 0 heterocycles. The van der Waals surface area contributed by atoms with Crippen molar-refractivity contribution >= 4 is 22.6 Å². The molecule has 0 spiro atoms. The average molecular weight is 332 g/mol. The Hall–Kier alpha value is -2.33. The number of hydrogen-bond acceptors (Lipinski definition) is 4. The number of halogens is 1. The molecule has 0 amide bonds. The zero-order valence-electron chi connectivity index (χ0n) is 13.3. The van der Waals surface area contributed by atoms with Gasteiger partial charge < -0.3 is 9.57 Å². The maximum Gasteiger partial charge on any atom is 0.274 e. The van der Waals surface area contributed by atoms with Crippen LogP contribution in [0.2, 0.25) is 0 Å². The van der Waals surface area contributed by atoms with Gasteiger partial charge in [0.1, 0.15) is 19.5 Å². The van der Waals surface area contributed by atoms with E-state index in [-0.39, 0.29) is 5.71 Å². The number of carbonyl (C=O) groups is 1. The molecule has 0 unspecified atom stereocenters. The summed E-state index contributed by atoms with van der Waals surface area (Å²) in [7, 11) is 1.37. The van der Waals surface area contributed by atoms with Crippen molar-refractivity contribution in [3.63, 3.8) is 0 Å². The molecule has 0 aliphatic rings. The first-order valence-electron chi connectivity index (χ1n) is 7.12. The van der Waals surface area contributed by atoms with Crippen molar-refractivity contribution in [2.45, 2.75) is 20.5 Å². The summed E-state index contributed by atoms with van der Waals surface area (Å²) in [6.07, 6.45) is 0. The highest BCUT2D eigenvalue weighted by Crippen LogP contribution is 2.19. The van der Waals surface area contributed by atoms with Gasteiger partial charge in [0.15, 0.2) is 5.71 Å². The molecule has 4 nitrogen and oxygen atoms in total. The molecule has 0 saturated heterocycles. The smallest absolute Gasteiger partial charge is 0.274 e. The topological polar surface area (TPSA) is 47.9 Å². The number of hydrogen-bond donors (Lipinski definition) is 0. The summed E-state index contributed by atoms with van der Waals surface area (Å²) in [5.41, 5.74) is 3.83. The molecule has 2 aromatic carbocycles. The molecule has 120 valence electrons. The Balaban J connectivity index is 2.25. The third kappa shape index (κ3) is 4.33. The minimum Gasteiger partial charge on any atom is -0.489 e. The fourth-order valence-corrected chi connectivity index (χ4v) is 2.26. The molecule has 0 aromatic heterocycles. The Morgan fingerprint density at radius 3 is 2.52 bits per heavy atom. The molecule has 0 bridgehead atoms. The summed E-state index contributed by atoms with van der Waals surface area (Å²) < 4.78 is 5.83. The largest absolute Gasteiger partial charge is 0.489 e. The Kier molecular flexibility index (Phi) is 5.77. The zero-order chi connectivity index (χ0) is 16.8. The van der Waals surface area contributed by atoms with Crippen molar-refractivity contribution in [3.05, 3.63) is 64.7 Å². The van der Waals surface area contributed by atoms with E-state index in [1.54, 1.807) is 12.1 Å². The number of benzene rings is 2. The molecular weight excluding hydrogens is 314 g/mol. The van der Waals surface area contributed by atoms with Crippen LogP contribution >= 0.6 is 11.6 Å². The fourth-order valence-electron chi connectivity index (χ4n) is 2.12. The van der Waals surface area contributed by atoms with Crippen LogP contribution in [0.5, 0.6) is 5.75 Å². The summed E-state index contributed by atoms with van der Waals surface area (Å²) in [5, 5.41) is 3.04. The second kappa shape index (κ2) is 7.79. The first-order chi connectivity index (χ1) is 11.0. The van der Waals surface area contributed by atoms with Gasteiger partial charge in [-0.1, -0.05) is 35.5 Å². The van der Waals surface area contributed by atoms with Gasteiger partial charge in [-0.2, -0.15) is 0 Å². The van der Waals surface area contributed by atoms with Crippen LogP contribution in [0.4, 0.5) is 0 Å². The van der Waals surface area contributed by atoms with Crippen LogP contribution in [0.1, 0.15) is 22.3 Å². The molecule has 5 heteroatoms. The molecule has 2 aromatic rings. The lowest BCUT2D eigenvalue weighted by atomic mass is 10.0. The van der Waals surface area contributed by atoms with E-state index in [1.165, 1.54) is 12.7 Å². The van der Waals surface area contributed by atoms with Gasteiger partial charge in [0.05, 0.1) is 0 Å². The minimum absolute atomic E-state index is 0.0634. The average Bonchev–Trinajstić information content (AvgIpc) is 2.54. The lowest BCUT2D eigenvalue weighted by Crippen LogP contribution is -2.14. The standard InChI is InChI=1S/C18H18ClNO3/c1-12-8-9-15(10-13(12)2)23-11-14-6-4-5-7-16(14)17(18(19)21)20-22-3/h4-10H,11H2,1-3H3. The van der Waals surface area contributed by atoms with E-state index >= 15 is 0 Å². The van der Waals surface area contributed by atoms with Crippen LogP contribution in [0.3, 0.4) is 0 Å². The minimum atomic E-state index is -0.675. The van der Waals surface area contributed by atoms with Gasteiger partial charge in [0.2, 0.25) is 0 Å². The van der Waals surface area contributed by atoms with Crippen molar-refractivity contribution in [1.29, 1.82) is 0 Å². The number of aryl methyl sites for hydroxylation is 2. The van der Waals surface area contributed by atoms with Crippen molar-refractivity contribution in [3.8, 4) is 5.75 Å². The third-order valence-electron chi connectivity index (χ3n) is 3.51. The monoisotopic (exact) mass is 331 g/mol. The molecular formula is C18H18ClNO3. The van der Waals surface area contributed by atoms with Gasteiger partial charge >= 0.3 is 0 Å². The van der Waals surface area contributed by atoms with E-state index in [0.717, 1.165) is 16.9 Å². The van der Waals surface area contributed by atoms with E-state index in [2.05, 4.69) is 5.16 Å². The highest BCUT2D eigenvalue weighted by atomic mass is 35.5. The molecule has 0 N–H and O–H groups in total. The van der Waals surface area contributed by atoms with E-state index in [4.69, 9.17) is 21.2 Å². The van der Waals surface area contributed by atoms with E-state index in [0.29, 0.717) is 12.2 Å². The summed E-state index contributed by atoms with van der Waals surface area (Å²) in [5.74, 6) is 0.769. The van der Waals surface area contributed by atoms with Crippen LogP contribution in [0, 0.1) is 13.8 Å². The number of ether oxygens (including phenoxy) is 1. The van der Waals surface area contributed by atoms with Gasteiger partial charge in [-0.15, -0.1) is 0 Å². The molecule has 0 aliphatic carbocycles. The fraction of sp³-hybridized carbons (Fsp3) is 0.222. The highest BCUT2D eigenvalue weighted by Gasteiger charge is 2.16. The normalized spacial score (nSPS) is 11.2. The van der Waals surface area contributed by atoms with Gasteiger partial charge in [-0.05, 0) is 54.3 Å². The van der Waals surface area contributed by atoms with E-state index in [9.17, 15) is 4.79 Å². The number of carbonyl (C=O) groups excluding carboxylic acids is 1. The van der Waals surface area contributed by atoms with Gasteiger partial charge in [0.25, 0.3) is 5.24 Å². The number of nitrogens with zero attached hydrogens (tertiary/aromatic N) is 1. The second-order valence-electron chi connectivity index (χ2n) is 5.09. The third-order valence-corrected chi connectivity index (χ3v) is 3.69. The Morgan fingerprint density at radius 2 is 1.87 bits per heavy atom. The van der Waals surface area contributed by atoms with E-state index < -0.39 is 5.24 Å². The summed E-state index contributed by atoms with van der Waals surface area (Å²) in [4.78, 5) is 16.3. The van der Waals surface area contributed by atoms with Crippen molar-refractivity contribution in [1.82, 2.24) is 0 Å². The van der Waals surface area contributed by atoms with Gasteiger partial charge in [0, 0.05) is 5.56 Å². The van der Waals surface area contributed by atoms with Crippen LogP contribution in [-0.2, 0) is 16.2 Å². The second-order valence-corrected chi connectivity index (χ2v) is 5.43. The Morgan fingerprint density at radius 1 is 1.13 bits per heavy atom. The van der Waals surface area contributed by atoms with Crippen LogP contribution in [-0.4, -0.2) is 18.1 Å². The SMILES string of the molecule is CON=C(C(=O)Cl)c1ccccc1COc1ccc(C)c(C)c1. The predicted molar refractivity (Wildman–Crippen MR) is 91.1 cm³/mol. The molecule has 0 saturated carbocycles. The zero-order valence-corrected chi connectivity index (χ0v) is 14.1. The van der Waals surface area contributed by atoms with Gasteiger partial charge in [-0.25, -0.2) is 0 Å². The lowest BCUT2D eigenvalue weighted by molar-refractivity contribution is -0.106. The van der Waals surface area contributed by atoms with Crippen LogP contribution in [0.25, 0.3) is 0 Å². The van der Waals surface area contributed by atoms with E-state index in [1.807, 2.05) is 44.2 Å². The highest BCUT2D eigenvalue weighted by molar-refractivity contribution is 6.84. The molecule has 0 aliphatic heterocycles. The Bertz CT molecular complexity index is 741. The summed E-state index contributed by atoms with van der Waals surface area (Å²) in [6, 6.07) is 13.2. The lowest BCUT2D eigenvalue weighted by Gasteiger charge is -2.12. The molecule has 0 radical (unpaired) electrons. The first-order valence-corrected chi connectivity index (χ1v) is 7.50. The van der Waals surface area contributed by atoms with Gasteiger partial charge in [-0.3, -0.25) is 4.79 Å². The van der Waals surface area contributed by atoms with Crippen molar-refractivity contribution in [2.24, 2.45) is 5.16 Å². The first kappa shape index (κ1) is 17.0. The number of oxime groups is 1. The quantitative estimate of drug-likeness (QED) is 0.456. The van der Waals surface area contributed by atoms with Crippen molar-refractivity contribution in [2.75, 3.05) is 7.11 Å². The maximum absolute atomic E-state index is 11.6. The van der Waals surface area contributed by atoms with Crippen molar-refractivity contribution < 1.29 is 14.4 Å². The number of rotatable bonds is 6. The molecule has 23 heavy (non-hydrogen) atoms. The van der Waals surface area contributed by atoms with Crippen LogP contribution < -0.4 is 4.74 Å². The molecule has 0 atom stereocenters. The van der Waals surface area contributed by atoms with Crippen LogP contribution in [0.15, 0.2) is 47.6 Å². The predicted octanol–water partition coefficient (Wildman–Crippen LogP) is 4.00.